The van der Waals surface area contributed by atoms with E-state index in [0.29, 0.717) is 0 Å². The highest BCUT2D eigenvalue weighted by atomic mass is 16.7. The van der Waals surface area contributed by atoms with Gasteiger partial charge in [0.2, 0.25) is 5.91 Å². The van der Waals surface area contributed by atoms with Gasteiger partial charge in [-0.05, 0) is 54.2 Å². The van der Waals surface area contributed by atoms with E-state index in [0.717, 1.165) is 38.3 Å². The molecule has 7 rings (SSSR count). The molecule has 0 aromatic heterocycles. The normalized spacial score (nSPS) is 17.3. The molecule has 0 N–H and O–H groups in total. The summed E-state index contributed by atoms with van der Waals surface area (Å²) in [6.07, 6.45) is -5.25. The van der Waals surface area contributed by atoms with Crippen molar-refractivity contribution in [3.05, 3.63) is 215 Å². The van der Waals surface area contributed by atoms with Gasteiger partial charge in [-0.3, -0.25) is 4.79 Å². The van der Waals surface area contributed by atoms with E-state index in [1.165, 1.54) is 6.92 Å². The average molecular weight is 922 g/mol. The lowest BCUT2D eigenvalue weighted by molar-refractivity contribution is -0.310. The average Bonchev–Trinajstić information content (AvgIpc) is 3.35. The maximum atomic E-state index is 14.9. The van der Waals surface area contributed by atoms with Gasteiger partial charge in [0.1, 0.15) is 11.7 Å². The van der Waals surface area contributed by atoms with E-state index in [9.17, 15) is 9.59 Å². The number of nitrogens with zero attached hydrogens (tertiary/aromatic N) is 1. The first-order chi connectivity index (χ1) is 33.1. The van der Waals surface area contributed by atoms with Crippen molar-refractivity contribution in [3.63, 3.8) is 0 Å². The zero-order valence-electron chi connectivity index (χ0n) is 39.3. The van der Waals surface area contributed by atoms with Crippen molar-refractivity contribution in [2.45, 2.75) is 104 Å². The van der Waals surface area contributed by atoms with Gasteiger partial charge >= 0.3 is 6.09 Å². The summed E-state index contributed by atoms with van der Waals surface area (Å²) in [6.45, 7) is 7.51. The van der Waals surface area contributed by atoms with Gasteiger partial charge in [-0.25, -0.2) is 9.69 Å². The number of benzene rings is 6. The molecule has 11 nitrogen and oxygen atoms in total. The summed E-state index contributed by atoms with van der Waals surface area (Å²) in [5.41, 5.74) is 4.41. The van der Waals surface area contributed by atoms with E-state index in [-0.39, 0.29) is 46.2 Å². The van der Waals surface area contributed by atoms with E-state index in [1.54, 1.807) is 20.8 Å². The SMILES string of the molecule is CC(=O)N(C(=O)OC(C)(C)C)[C@@H]1C(C(OCc2ccccc2)OCc2ccccc2)OC[C@H](C(OCc2ccccc2)OCc2ccccc2)[C@@H]1C(OCc1ccccc1)OCc1ccccc1. The molecule has 0 spiro atoms. The van der Waals surface area contributed by atoms with Crippen LogP contribution in [0.4, 0.5) is 4.79 Å². The third-order valence-electron chi connectivity index (χ3n) is 11.4. The predicted octanol–water partition coefficient (Wildman–Crippen LogP) is 11.0. The van der Waals surface area contributed by atoms with Crippen molar-refractivity contribution in [1.82, 2.24) is 4.90 Å². The Balaban J connectivity index is 1.39. The quantitative estimate of drug-likeness (QED) is 0.0610. The predicted molar refractivity (Wildman–Crippen MR) is 258 cm³/mol. The summed E-state index contributed by atoms with van der Waals surface area (Å²) in [5, 5.41) is 0. The molecule has 356 valence electrons. The molecule has 0 bridgehead atoms. The first-order valence-corrected chi connectivity index (χ1v) is 23.2. The van der Waals surface area contributed by atoms with E-state index in [2.05, 4.69) is 0 Å². The number of ether oxygens (including phenoxy) is 8. The van der Waals surface area contributed by atoms with Gasteiger partial charge in [0.05, 0.1) is 52.3 Å². The van der Waals surface area contributed by atoms with E-state index < -0.39 is 60.5 Å². The van der Waals surface area contributed by atoms with Crippen LogP contribution >= 0.6 is 0 Å². The zero-order valence-corrected chi connectivity index (χ0v) is 39.3. The topological polar surface area (TPSA) is 111 Å². The lowest BCUT2D eigenvalue weighted by Gasteiger charge is -2.51. The third kappa shape index (κ3) is 15.0. The van der Waals surface area contributed by atoms with Crippen LogP contribution in [0.25, 0.3) is 0 Å². The molecule has 1 aliphatic rings. The van der Waals surface area contributed by atoms with Crippen LogP contribution in [0.3, 0.4) is 0 Å². The van der Waals surface area contributed by atoms with Crippen LogP contribution in [0.1, 0.15) is 61.1 Å². The number of rotatable bonds is 22. The highest BCUT2D eigenvalue weighted by Crippen LogP contribution is 2.41. The molecule has 11 heteroatoms. The largest absolute Gasteiger partial charge is 0.443 e. The molecule has 1 saturated heterocycles. The lowest BCUT2D eigenvalue weighted by Crippen LogP contribution is -2.67. The lowest BCUT2D eigenvalue weighted by atomic mass is 9.78. The number of carbonyl (C=O) groups excluding carboxylic acids is 2. The van der Waals surface area contributed by atoms with Crippen LogP contribution in [0, 0.1) is 11.8 Å². The Labute approximate surface area is 400 Å². The van der Waals surface area contributed by atoms with Gasteiger partial charge in [0.25, 0.3) is 0 Å². The monoisotopic (exact) mass is 921 g/mol. The second kappa shape index (κ2) is 25.4. The van der Waals surface area contributed by atoms with Crippen LogP contribution in [0.15, 0.2) is 182 Å². The highest BCUT2D eigenvalue weighted by Gasteiger charge is 2.56. The van der Waals surface area contributed by atoms with Crippen LogP contribution in [-0.2, 0) is 82.3 Å². The van der Waals surface area contributed by atoms with Crippen molar-refractivity contribution in [2.75, 3.05) is 6.61 Å². The van der Waals surface area contributed by atoms with Crippen LogP contribution in [0.2, 0.25) is 0 Å². The third-order valence-corrected chi connectivity index (χ3v) is 11.4. The zero-order chi connectivity index (χ0) is 47.6. The molecule has 0 radical (unpaired) electrons. The molecule has 4 atom stereocenters. The number of amides is 2. The first-order valence-electron chi connectivity index (χ1n) is 23.2. The minimum absolute atomic E-state index is 0.0000689. The van der Waals surface area contributed by atoms with Gasteiger partial charge in [0, 0.05) is 18.8 Å². The summed E-state index contributed by atoms with van der Waals surface area (Å²) in [4.78, 5) is 30.4. The van der Waals surface area contributed by atoms with Crippen LogP contribution < -0.4 is 0 Å². The van der Waals surface area contributed by atoms with Gasteiger partial charge in [0.15, 0.2) is 18.9 Å². The molecule has 1 unspecified atom stereocenters. The molecule has 6 aromatic rings. The van der Waals surface area contributed by atoms with Gasteiger partial charge in [-0.15, -0.1) is 0 Å². The molecular formula is C57H63NO10. The van der Waals surface area contributed by atoms with E-state index in [1.807, 2.05) is 182 Å². The fourth-order valence-corrected chi connectivity index (χ4v) is 8.18. The number of carbonyl (C=O) groups is 2. The van der Waals surface area contributed by atoms with Crippen molar-refractivity contribution in [2.24, 2.45) is 11.8 Å². The second-order valence-electron chi connectivity index (χ2n) is 17.8. The fourth-order valence-electron chi connectivity index (χ4n) is 8.18. The summed E-state index contributed by atoms with van der Waals surface area (Å²) >= 11 is 0. The van der Waals surface area contributed by atoms with Crippen molar-refractivity contribution in [3.8, 4) is 0 Å². The Morgan fingerprint density at radius 2 is 0.779 bits per heavy atom. The molecule has 0 saturated carbocycles. The number of hydrogen-bond acceptors (Lipinski definition) is 10. The molecule has 1 fully saturated rings. The fraction of sp³-hybridized carbons (Fsp3) is 0.333. The Kier molecular flexibility index (Phi) is 18.6. The number of imide groups is 1. The molecule has 0 aliphatic carbocycles. The Morgan fingerprint density at radius 1 is 0.485 bits per heavy atom. The number of hydrogen-bond donors (Lipinski definition) is 0. The first kappa shape index (κ1) is 49.9. The molecule has 6 aromatic carbocycles. The Morgan fingerprint density at radius 3 is 1.07 bits per heavy atom. The highest BCUT2D eigenvalue weighted by molar-refractivity contribution is 5.91. The van der Waals surface area contributed by atoms with Gasteiger partial charge in [-0.2, -0.15) is 0 Å². The molecule has 68 heavy (non-hydrogen) atoms. The van der Waals surface area contributed by atoms with Crippen molar-refractivity contribution in [1.29, 1.82) is 0 Å². The maximum absolute atomic E-state index is 14.9. The molecule has 1 aliphatic heterocycles. The van der Waals surface area contributed by atoms with Gasteiger partial charge in [-0.1, -0.05) is 182 Å². The van der Waals surface area contributed by atoms with E-state index in [4.69, 9.17) is 37.9 Å². The van der Waals surface area contributed by atoms with E-state index >= 15 is 0 Å². The molecule has 2 amide bonds. The summed E-state index contributed by atoms with van der Waals surface area (Å²) in [5.74, 6) is -2.25. The minimum Gasteiger partial charge on any atom is -0.443 e. The summed E-state index contributed by atoms with van der Waals surface area (Å²) < 4.78 is 54.2. The summed E-state index contributed by atoms with van der Waals surface area (Å²) in [7, 11) is 0. The second-order valence-corrected chi connectivity index (χ2v) is 17.8. The maximum Gasteiger partial charge on any atom is 0.417 e. The smallest absolute Gasteiger partial charge is 0.417 e. The Hall–Kier alpha value is -6.02. The molecular weight excluding hydrogens is 859 g/mol. The van der Waals surface area contributed by atoms with Crippen LogP contribution in [-0.4, -0.2) is 60.1 Å². The minimum atomic E-state index is -1.21. The Bertz CT molecular complexity index is 2240. The summed E-state index contributed by atoms with van der Waals surface area (Å²) in [6, 6.07) is 57.4. The van der Waals surface area contributed by atoms with Crippen molar-refractivity contribution >= 4 is 12.0 Å². The van der Waals surface area contributed by atoms with Gasteiger partial charge < -0.3 is 37.9 Å². The van der Waals surface area contributed by atoms with Crippen molar-refractivity contribution < 1.29 is 47.5 Å². The standard InChI is InChI=1S/C57H63NO10/c1-42(59)58(56(60)68-57(2,3)4)51-50(54(64-37-45-27-15-7-16-28-45)65-38-46-29-17-8-18-30-46)49(53(62-35-43-23-11-5-12-24-43)63-36-44-25-13-6-14-26-44)41-61-52(51)55(66-39-47-31-19-9-20-32-47)67-40-48-33-21-10-22-34-48/h5-34,49-55H,35-41H2,1-4H3/t49-,50-,51-,52?/m0/s1. The molecule has 1 heterocycles. The van der Waals surface area contributed by atoms with Crippen LogP contribution in [0.5, 0.6) is 0 Å².